The first-order chi connectivity index (χ1) is 19.1. The van der Waals surface area contributed by atoms with E-state index in [1.54, 1.807) is 29.3 Å². The van der Waals surface area contributed by atoms with E-state index in [2.05, 4.69) is 4.98 Å². The average Bonchev–Trinajstić information content (AvgIpc) is 3.56. The lowest BCUT2D eigenvalue weighted by molar-refractivity contribution is -0.384. The van der Waals surface area contributed by atoms with E-state index in [0.717, 1.165) is 22.5 Å². The number of amides is 1. The number of nitro benzene ring substituents is 1. The molecule has 1 amide bonds. The second-order valence-electron chi connectivity index (χ2n) is 8.77. The summed E-state index contributed by atoms with van der Waals surface area (Å²) >= 11 is 1.41. The number of hydrogen-bond acceptors (Lipinski definition) is 6. The van der Waals surface area contributed by atoms with Crippen molar-refractivity contribution in [2.75, 3.05) is 4.90 Å². The number of pyridine rings is 1. The highest BCUT2D eigenvalue weighted by Crippen LogP contribution is 2.50. The zero-order valence-electron chi connectivity index (χ0n) is 20.5. The molecule has 2 aromatic heterocycles. The third-order valence-electron chi connectivity index (χ3n) is 6.28. The Morgan fingerprint density at radius 2 is 1.56 bits per heavy atom. The van der Waals surface area contributed by atoms with Gasteiger partial charge in [0.1, 0.15) is 11.2 Å². The third-order valence-corrected chi connectivity index (χ3v) is 7.51. The normalized spacial score (nSPS) is 16.1. The van der Waals surface area contributed by atoms with Crippen LogP contribution < -0.4 is 4.90 Å². The number of non-ortho nitro benzene ring substituents is 1. The van der Waals surface area contributed by atoms with Crippen LogP contribution in [0.5, 0.6) is 0 Å². The number of benzene rings is 3. The third kappa shape index (κ3) is 4.83. The Morgan fingerprint density at radius 1 is 0.872 bits per heavy atom. The number of aromatic nitrogens is 3. The monoisotopic (exact) mass is 531 g/mol. The SMILES string of the molecule is O=C1C(=Cc2ccc([N+](=O)[O-])cc2)SC(c2cn(-c3ccccc3)nc2-c2ccccc2)N1c1ccccn1. The molecule has 1 saturated heterocycles. The van der Waals surface area contributed by atoms with Crippen LogP contribution in [0, 0.1) is 10.1 Å². The number of rotatable bonds is 6. The fourth-order valence-corrected chi connectivity index (χ4v) is 5.66. The van der Waals surface area contributed by atoms with Crippen LogP contribution in [0.15, 0.2) is 120 Å². The zero-order chi connectivity index (χ0) is 26.8. The molecule has 1 atom stereocenters. The van der Waals surface area contributed by atoms with E-state index >= 15 is 0 Å². The van der Waals surface area contributed by atoms with Crippen molar-refractivity contribution in [3.8, 4) is 16.9 Å². The van der Waals surface area contributed by atoms with Crippen LogP contribution in [-0.2, 0) is 4.79 Å². The molecule has 39 heavy (non-hydrogen) atoms. The summed E-state index contributed by atoms with van der Waals surface area (Å²) in [7, 11) is 0. The Morgan fingerprint density at radius 3 is 2.23 bits per heavy atom. The van der Waals surface area contributed by atoms with Crippen LogP contribution in [0.4, 0.5) is 11.5 Å². The van der Waals surface area contributed by atoms with Crippen molar-refractivity contribution in [2.45, 2.75) is 5.37 Å². The Hall–Kier alpha value is -5.02. The van der Waals surface area contributed by atoms with Gasteiger partial charge in [0.25, 0.3) is 11.6 Å². The molecule has 3 heterocycles. The van der Waals surface area contributed by atoms with Gasteiger partial charge < -0.3 is 0 Å². The first-order valence-corrected chi connectivity index (χ1v) is 13.0. The first kappa shape index (κ1) is 24.3. The van der Waals surface area contributed by atoms with E-state index in [0.29, 0.717) is 16.3 Å². The van der Waals surface area contributed by atoms with E-state index in [4.69, 9.17) is 5.10 Å². The molecule has 5 aromatic rings. The van der Waals surface area contributed by atoms with Crippen LogP contribution in [0.2, 0.25) is 0 Å². The predicted octanol–water partition coefficient (Wildman–Crippen LogP) is 6.66. The van der Waals surface area contributed by atoms with E-state index < -0.39 is 10.3 Å². The maximum absolute atomic E-state index is 13.9. The highest BCUT2D eigenvalue weighted by atomic mass is 32.2. The summed E-state index contributed by atoms with van der Waals surface area (Å²) in [5.41, 5.74) is 4.16. The summed E-state index contributed by atoms with van der Waals surface area (Å²) in [6, 6.07) is 31.3. The Balaban J connectivity index is 1.48. The molecular formula is C30H21N5O3S. The quantitative estimate of drug-likeness (QED) is 0.138. The minimum atomic E-state index is -0.444. The molecule has 3 aromatic carbocycles. The summed E-state index contributed by atoms with van der Waals surface area (Å²) in [6.45, 7) is 0. The van der Waals surface area contributed by atoms with Crippen molar-refractivity contribution < 1.29 is 9.72 Å². The van der Waals surface area contributed by atoms with Gasteiger partial charge in [-0.2, -0.15) is 5.10 Å². The summed E-state index contributed by atoms with van der Waals surface area (Å²) in [6.07, 6.45) is 5.39. The second-order valence-corrected chi connectivity index (χ2v) is 9.89. The van der Waals surface area contributed by atoms with E-state index in [1.165, 1.54) is 23.9 Å². The molecule has 0 spiro atoms. The molecule has 0 N–H and O–H groups in total. The highest BCUT2D eigenvalue weighted by Gasteiger charge is 2.41. The van der Waals surface area contributed by atoms with Crippen molar-refractivity contribution in [1.82, 2.24) is 14.8 Å². The fourth-order valence-electron chi connectivity index (χ4n) is 4.41. The van der Waals surface area contributed by atoms with Gasteiger partial charge in [0.15, 0.2) is 0 Å². The molecule has 0 aliphatic carbocycles. The number of nitro groups is 1. The van der Waals surface area contributed by atoms with Crippen molar-refractivity contribution in [2.24, 2.45) is 0 Å². The molecular weight excluding hydrogens is 510 g/mol. The molecule has 1 aliphatic rings. The van der Waals surface area contributed by atoms with Gasteiger partial charge in [0, 0.05) is 35.7 Å². The lowest BCUT2D eigenvalue weighted by Gasteiger charge is -2.22. The van der Waals surface area contributed by atoms with Crippen LogP contribution in [0.3, 0.4) is 0 Å². The number of nitrogens with zero attached hydrogens (tertiary/aromatic N) is 5. The van der Waals surface area contributed by atoms with Gasteiger partial charge >= 0.3 is 0 Å². The molecule has 6 rings (SSSR count). The molecule has 8 nitrogen and oxygen atoms in total. The first-order valence-electron chi connectivity index (χ1n) is 12.2. The Kier molecular flexibility index (Phi) is 6.48. The van der Waals surface area contributed by atoms with Gasteiger partial charge in [0.2, 0.25) is 0 Å². The van der Waals surface area contributed by atoms with Gasteiger partial charge in [0.05, 0.1) is 21.2 Å². The van der Waals surface area contributed by atoms with Gasteiger partial charge in [-0.1, -0.05) is 66.4 Å². The van der Waals surface area contributed by atoms with E-state index in [9.17, 15) is 14.9 Å². The Labute approximate surface area is 228 Å². The van der Waals surface area contributed by atoms with Crippen molar-refractivity contribution in [3.63, 3.8) is 0 Å². The number of carbonyl (C=O) groups is 1. The molecule has 0 radical (unpaired) electrons. The molecule has 0 saturated carbocycles. The maximum atomic E-state index is 13.9. The van der Waals surface area contributed by atoms with Gasteiger partial charge in [-0.3, -0.25) is 19.8 Å². The minimum Gasteiger partial charge on any atom is -0.275 e. The molecule has 0 bridgehead atoms. The van der Waals surface area contributed by atoms with Gasteiger partial charge in [-0.05, 0) is 48.0 Å². The number of anilines is 1. The van der Waals surface area contributed by atoms with E-state index in [1.807, 2.05) is 89.7 Å². The number of thioether (sulfide) groups is 1. The van der Waals surface area contributed by atoms with Crippen molar-refractivity contribution in [3.05, 3.63) is 142 Å². The zero-order valence-corrected chi connectivity index (χ0v) is 21.3. The number of carbonyl (C=O) groups excluding carboxylic acids is 1. The highest BCUT2D eigenvalue weighted by molar-refractivity contribution is 8.05. The number of para-hydroxylation sites is 1. The van der Waals surface area contributed by atoms with Gasteiger partial charge in [-0.25, -0.2) is 9.67 Å². The summed E-state index contributed by atoms with van der Waals surface area (Å²) < 4.78 is 1.83. The lowest BCUT2D eigenvalue weighted by atomic mass is 10.1. The summed E-state index contributed by atoms with van der Waals surface area (Å²) in [5, 5.41) is 15.6. The molecule has 190 valence electrons. The van der Waals surface area contributed by atoms with Crippen LogP contribution in [0.25, 0.3) is 23.0 Å². The fraction of sp³-hybridized carbons (Fsp3) is 0.0333. The Bertz CT molecular complexity index is 1670. The summed E-state index contributed by atoms with van der Waals surface area (Å²) in [4.78, 5) is 31.2. The smallest absolute Gasteiger partial charge is 0.269 e. The molecule has 1 aliphatic heterocycles. The van der Waals surface area contributed by atoms with Crippen LogP contribution in [0.1, 0.15) is 16.5 Å². The molecule has 1 fully saturated rings. The lowest BCUT2D eigenvalue weighted by Crippen LogP contribution is -2.28. The maximum Gasteiger partial charge on any atom is 0.269 e. The standard InChI is InChI=1S/C30H21N5O3S/c36-29-26(19-21-14-16-24(17-15-21)35(37)38)39-30(34(29)27-13-7-8-18-31-27)25-20-33(23-11-5-2-6-12-23)32-28(25)22-9-3-1-4-10-22/h1-20,30H. The van der Waals surface area contributed by atoms with Crippen LogP contribution >= 0.6 is 11.8 Å². The largest absolute Gasteiger partial charge is 0.275 e. The van der Waals surface area contributed by atoms with Gasteiger partial charge in [-0.15, -0.1) is 0 Å². The average molecular weight is 532 g/mol. The van der Waals surface area contributed by atoms with Crippen molar-refractivity contribution >= 4 is 35.3 Å². The molecule has 1 unspecified atom stereocenters. The number of hydrogen-bond donors (Lipinski definition) is 0. The minimum absolute atomic E-state index is 0.00336. The molecule has 9 heteroatoms. The topological polar surface area (TPSA) is 94.2 Å². The van der Waals surface area contributed by atoms with Crippen LogP contribution in [-0.4, -0.2) is 25.6 Å². The van der Waals surface area contributed by atoms with Crippen molar-refractivity contribution in [1.29, 1.82) is 0 Å². The second kappa shape index (κ2) is 10.4. The summed E-state index contributed by atoms with van der Waals surface area (Å²) in [5.74, 6) is 0.326. The van der Waals surface area contributed by atoms with E-state index in [-0.39, 0.29) is 11.6 Å². The predicted molar refractivity (Wildman–Crippen MR) is 152 cm³/mol.